The molecular formula is C9H12N2O3. The normalized spacial score (nSPS) is 10.8. The fourth-order valence-electron chi connectivity index (χ4n) is 1.03. The topological polar surface area (TPSA) is 74.9 Å². The average molecular weight is 196 g/mol. The molecule has 5 heteroatoms. The Morgan fingerprint density at radius 1 is 1.64 bits per heavy atom. The van der Waals surface area contributed by atoms with E-state index >= 15 is 0 Å². The number of aromatic hydroxyl groups is 1. The summed E-state index contributed by atoms with van der Waals surface area (Å²) in [5, 5.41) is 22.1. The Balaban J connectivity index is 3.21. The standard InChI is InChI=1S/C9H12N2O3/c1-6-9(13)8(4-11-14-2)7(5-12)3-10-6/h3-4,12-13H,5H2,1-2H3. The molecule has 5 nitrogen and oxygen atoms in total. The van der Waals surface area contributed by atoms with Crippen LogP contribution in [0, 0.1) is 6.92 Å². The van der Waals surface area contributed by atoms with E-state index in [-0.39, 0.29) is 12.4 Å². The smallest absolute Gasteiger partial charge is 0.146 e. The van der Waals surface area contributed by atoms with Crippen LogP contribution >= 0.6 is 0 Å². The van der Waals surface area contributed by atoms with E-state index in [9.17, 15) is 5.11 Å². The summed E-state index contributed by atoms with van der Waals surface area (Å²) in [5.41, 5.74) is 1.43. The van der Waals surface area contributed by atoms with Crippen molar-refractivity contribution in [3.63, 3.8) is 0 Å². The predicted octanol–water partition coefficient (Wildman–Crippen LogP) is 0.568. The zero-order valence-electron chi connectivity index (χ0n) is 8.06. The lowest BCUT2D eigenvalue weighted by atomic mass is 10.1. The van der Waals surface area contributed by atoms with Crippen LogP contribution in [0.3, 0.4) is 0 Å². The van der Waals surface area contributed by atoms with Crippen molar-refractivity contribution in [2.24, 2.45) is 5.16 Å². The summed E-state index contributed by atoms with van der Waals surface area (Å²) in [7, 11) is 1.40. The number of aromatic nitrogens is 1. The maximum absolute atomic E-state index is 9.62. The monoisotopic (exact) mass is 196 g/mol. The van der Waals surface area contributed by atoms with Gasteiger partial charge in [-0.05, 0) is 6.92 Å². The fourth-order valence-corrected chi connectivity index (χ4v) is 1.03. The summed E-state index contributed by atoms with van der Waals surface area (Å²) in [6, 6.07) is 0. The summed E-state index contributed by atoms with van der Waals surface area (Å²) in [6.07, 6.45) is 2.83. The summed E-state index contributed by atoms with van der Waals surface area (Å²) in [6.45, 7) is 1.46. The minimum atomic E-state index is -0.202. The summed E-state index contributed by atoms with van der Waals surface area (Å²) in [5.74, 6) is 0.0114. The highest BCUT2D eigenvalue weighted by Gasteiger charge is 2.08. The van der Waals surface area contributed by atoms with Crippen molar-refractivity contribution in [2.45, 2.75) is 13.5 Å². The predicted molar refractivity (Wildman–Crippen MR) is 51.2 cm³/mol. The first kappa shape index (κ1) is 10.5. The SMILES string of the molecule is CON=Cc1c(CO)cnc(C)c1O. The molecule has 0 unspecified atom stereocenters. The number of aliphatic hydroxyl groups excluding tert-OH is 1. The fraction of sp³-hybridized carbons (Fsp3) is 0.333. The van der Waals surface area contributed by atoms with Crippen molar-refractivity contribution >= 4 is 6.21 Å². The van der Waals surface area contributed by atoms with Gasteiger partial charge in [0.15, 0.2) is 0 Å². The van der Waals surface area contributed by atoms with Crippen molar-refractivity contribution in [3.8, 4) is 5.75 Å². The van der Waals surface area contributed by atoms with Crippen LogP contribution < -0.4 is 0 Å². The van der Waals surface area contributed by atoms with Crippen LogP contribution in [0.4, 0.5) is 0 Å². The molecule has 0 aromatic carbocycles. The Morgan fingerprint density at radius 2 is 2.36 bits per heavy atom. The molecule has 0 atom stereocenters. The number of aliphatic hydroxyl groups is 1. The highest BCUT2D eigenvalue weighted by atomic mass is 16.6. The Kier molecular flexibility index (Phi) is 3.41. The second-order valence-electron chi connectivity index (χ2n) is 2.71. The molecule has 0 radical (unpaired) electrons. The molecule has 0 fully saturated rings. The van der Waals surface area contributed by atoms with Crippen molar-refractivity contribution in [1.29, 1.82) is 0 Å². The van der Waals surface area contributed by atoms with E-state index in [1.54, 1.807) is 6.92 Å². The zero-order valence-corrected chi connectivity index (χ0v) is 8.06. The van der Waals surface area contributed by atoms with Crippen molar-refractivity contribution in [1.82, 2.24) is 4.98 Å². The Labute approximate surface area is 81.7 Å². The lowest BCUT2D eigenvalue weighted by Crippen LogP contribution is -1.98. The molecule has 76 valence electrons. The van der Waals surface area contributed by atoms with Gasteiger partial charge in [0.2, 0.25) is 0 Å². The second-order valence-corrected chi connectivity index (χ2v) is 2.71. The Bertz CT molecular complexity index is 350. The van der Waals surface area contributed by atoms with E-state index in [2.05, 4.69) is 15.0 Å². The van der Waals surface area contributed by atoms with Crippen LogP contribution in [-0.2, 0) is 11.4 Å². The average Bonchev–Trinajstić information content (AvgIpc) is 2.20. The molecule has 1 rings (SSSR count). The third-order valence-corrected chi connectivity index (χ3v) is 1.82. The van der Waals surface area contributed by atoms with Crippen LogP contribution in [0.25, 0.3) is 0 Å². The number of hydrogen-bond acceptors (Lipinski definition) is 5. The quantitative estimate of drug-likeness (QED) is 0.547. The van der Waals surface area contributed by atoms with Gasteiger partial charge in [-0.1, -0.05) is 5.16 Å². The molecule has 0 aliphatic carbocycles. The lowest BCUT2D eigenvalue weighted by Gasteiger charge is -2.06. The zero-order chi connectivity index (χ0) is 10.6. The maximum atomic E-state index is 9.62. The number of hydrogen-bond donors (Lipinski definition) is 2. The van der Waals surface area contributed by atoms with Crippen molar-refractivity contribution < 1.29 is 15.1 Å². The summed E-state index contributed by atoms with van der Waals surface area (Å²) >= 11 is 0. The van der Waals surface area contributed by atoms with E-state index in [0.717, 1.165) is 0 Å². The van der Waals surface area contributed by atoms with E-state index < -0.39 is 0 Å². The molecule has 0 saturated heterocycles. The summed E-state index contributed by atoms with van der Waals surface area (Å²) < 4.78 is 0. The van der Waals surface area contributed by atoms with Gasteiger partial charge in [-0.2, -0.15) is 0 Å². The number of oxime groups is 1. The van der Waals surface area contributed by atoms with Crippen LogP contribution in [-0.4, -0.2) is 28.5 Å². The largest absolute Gasteiger partial charge is 0.505 e. The summed E-state index contributed by atoms with van der Waals surface area (Å²) in [4.78, 5) is 8.40. The van der Waals surface area contributed by atoms with Gasteiger partial charge in [-0.15, -0.1) is 0 Å². The minimum absolute atomic E-state index is 0.0114. The first-order valence-corrected chi connectivity index (χ1v) is 4.05. The molecule has 0 spiro atoms. The molecule has 1 aromatic heterocycles. The number of nitrogens with zero attached hydrogens (tertiary/aromatic N) is 2. The molecule has 0 bridgehead atoms. The van der Waals surface area contributed by atoms with E-state index in [1.165, 1.54) is 19.5 Å². The van der Waals surface area contributed by atoms with Gasteiger partial charge in [0, 0.05) is 17.3 Å². The number of rotatable bonds is 3. The highest BCUT2D eigenvalue weighted by molar-refractivity contribution is 5.85. The maximum Gasteiger partial charge on any atom is 0.146 e. The van der Waals surface area contributed by atoms with Crippen LogP contribution in [0.2, 0.25) is 0 Å². The van der Waals surface area contributed by atoms with Crippen LogP contribution in [0.15, 0.2) is 11.4 Å². The van der Waals surface area contributed by atoms with Crippen molar-refractivity contribution in [3.05, 3.63) is 23.0 Å². The first-order valence-electron chi connectivity index (χ1n) is 4.05. The molecule has 0 saturated carbocycles. The lowest BCUT2D eigenvalue weighted by molar-refractivity contribution is 0.215. The van der Waals surface area contributed by atoms with Gasteiger partial charge in [0.05, 0.1) is 18.5 Å². The molecule has 0 aliphatic rings. The van der Waals surface area contributed by atoms with E-state index in [4.69, 9.17) is 5.11 Å². The Hall–Kier alpha value is -1.62. The molecule has 0 amide bonds. The third-order valence-electron chi connectivity index (χ3n) is 1.82. The van der Waals surface area contributed by atoms with Gasteiger partial charge < -0.3 is 15.1 Å². The molecule has 1 heterocycles. The molecule has 2 N–H and O–H groups in total. The third kappa shape index (κ3) is 2.00. The Morgan fingerprint density at radius 3 is 2.93 bits per heavy atom. The number of aryl methyl sites for hydroxylation is 1. The number of pyridine rings is 1. The van der Waals surface area contributed by atoms with Gasteiger partial charge in [-0.3, -0.25) is 4.98 Å². The van der Waals surface area contributed by atoms with Gasteiger partial charge in [-0.25, -0.2) is 0 Å². The van der Waals surface area contributed by atoms with Crippen molar-refractivity contribution in [2.75, 3.05) is 7.11 Å². The molecular weight excluding hydrogens is 184 g/mol. The minimum Gasteiger partial charge on any atom is -0.505 e. The molecule has 14 heavy (non-hydrogen) atoms. The highest BCUT2D eigenvalue weighted by Crippen LogP contribution is 2.21. The van der Waals surface area contributed by atoms with Gasteiger partial charge in [0.25, 0.3) is 0 Å². The second kappa shape index (κ2) is 4.57. The van der Waals surface area contributed by atoms with Crippen LogP contribution in [0.1, 0.15) is 16.8 Å². The van der Waals surface area contributed by atoms with Crippen LogP contribution in [0.5, 0.6) is 5.75 Å². The van der Waals surface area contributed by atoms with E-state index in [0.29, 0.717) is 16.8 Å². The van der Waals surface area contributed by atoms with E-state index in [1.807, 2.05) is 0 Å². The molecule has 1 aromatic rings. The van der Waals surface area contributed by atoms with Gasteiger partial charge in [0.1, 0.15) is 12.9 Å². The first-order chi connectivity index (χ1) is 6.70. The molecule has 0 aliphatic heterocycles. The van der Waals surface area contributed by atoms with Gasteiger partial charge >= 0.3 is 0 Å².